The minimum atomic E-state index is -0.0905. The highest BCUT2D eigenvalue weighted by Gasteiger charge is 2.13. The minimum Gasteiger partial charge on any atom is -0.311 e. The standard InChI is InChI=1S/C20H18N4OS2/c1-14-10-18(24(23-14)12-15-6-3-2-4-7-15)22-19(25)11-16-13-27-20(21-16)17-8-5-9-26-17/h2-10,13H,11-12H2,1H3,(H,22,25). The molecule has 3 heterocycles. The summed E-state index contributed by atoms with van der Waals surface area (Å²) >= 11 is 3.22. The van der Waals surface area contributed by atoms with Crippen molar-refractivity contribution in [3.63, 3.8) is 0 Å². The van der Waals surface area contributed by atoms with E-state index in [1.807, 2.05) is 70.9 Å². The van der Waals surface area contributed by atoms with Crippen LogP contribution in [0.25, 0.3) is 9.88 Å². The van der Waals surface area contributed by atoms with Gasteiger partial charge in [0.15, 0.2) is 0 Å². The number of thiazole rings is 1. The number of amides is 1. The second kappa shape index (κ2) is 7.85. The number of carbonyl (C=O) groups is 1. The lowest BCUT2D eigenvalue weighted by Crippen LogP contribution is -2.18. The van der Waals surface area contributed by atoms with E-state index in [0.717, 1.165) is 26.8 Å². The van der Waals surface area contributed by atoms with Crippen LogP contribution in [0.4, 0.5) is 5.82 Å². The zero-order valence-electron chi connectivity index (χ0n) is 14.8. The molecule has 0 fully saturated rings. The van der Waals surface area contributed by atoms with Crippen molar-refractivity contribution in [2.45, 2.75) is 19.9 Å². The molecule has 1 aromatic carbocycles. The number of benzene rings is 1. The molecule has 0 unspecified atom stereocenters. The van der Waals surface area contributed by atoms with E-state index in [0.29, 0.717) is 12.4 Å². The number of rotatable bonds is 6. The molecule has 4 aromatic rings. The maximum Gasteiger partial charge on any atom is 0.231 e. The highest BCUT2D eigenvalue weighted by atomic mass is 32.1. The Labute approximate surface area is 165 Å². The third-order valence-corrected chi connectivity index (χ3v) is 5.90. The molecule has 27 heavy (non-hydrogen) atoms. The Bertz CT molecular complexity index is 1040. The zero-order chi connectivity index (χ0) is 18.6. The van der Waals surface area contributed by atoms with Crippen LogP contribution in [0.15, 0.2) is 59.3 Å². The summed E-state index contributed by atoms with van der Waals surface area (Å²) in [7, 11) is 0. The number of anilines is 1. The van der Waals surface area contributed by atoms with Crippen molar-refractivity contribution < 1.29 is 4.79 Å². The molecule has 0 aliphatic carbocycles. The van der Waals surface area contributed by atoms with Crippen molar-refractivity contribution >= 4 is 34.4 Å². The fourth-order valence-corrected chi connectivity index (χ4v) is 4.41. The second-order valence-electron chi connectivity index (χ2n) is 6.16. The zero-order valence-corrected chi connectivity index (χ0v) is 16.4. The molecule has 0 aliphatic rings. The summed E-state index contributed by atoms with van der Waals surface area (Å²) in [6, 6.07) is 16.0. The number of hydrogen-bond acceptors (Lipinski definition) is 5. The maximum atomic E-state index is 12.5. The average Bonchev–Trinajstić information content (AvgIpc) is 3.38. The van der Waals surface area contributed by atoms with Crippen molar-refractivity contribution in [1.82, 2.24) is 14.8 Å². The van der Waals surface area contributed by atoms with E-state index < -0.39 is 0 Å². The Morgan fingerprint density at radius 1 is 1.15 bits per heavy atom. The summed E-state index contributed by atoms with van der Waals surface area (Å²) in [5.74, 6) is 0.613. The van der Waals surface area contributed by atoms with Crippen LogP contribution < -0.4 is 5.32 Å². The Morgan fingerprint density at radius 2 is 2.00 bits per heavy atom. The van der Waals surface area contributed by atoms with Crippen molar-refractivity contribution in [2.24, 2.45) is 0 Å². The van der Waals surface area contributed by atoms with E-state index in [1.54, 1.807) is 22.7 Å². The van der Waals surface area contributed by atoms with Gasteiger partial charge in [-0.05, 0) is 23.9 Å². The van der Waals surface area contributed by atoms with Gasteiger partial charge in [0.05, 0.1) is 29.2 Å². The van der Waals surface area contributed by atoms with Crippen LogP contribution >= 0.6 is 22.7 Å². The summed E-state index contributed by atoms with van der Waals surface area (Å²) < 4.78 is 1.82. The maximum absolute atomic E-state index is 12.5. The number of nitrogens with one attached hydrogen (secondary N) is 1. The van der Waals surface area contributed by atoms with E-state index in [9.17, 15) is 4.79 Å². The van der Waals surface area contributed by atoms with E-state index >= 15 is 0 Å². The van der Waals surface area contributed by atoms with Crippen LogP contribution in [-0.4, -0.2) is 20.7 Å². The monoisotopic (exact) mass is 394 g/mol. The van der Waals surface area contributed by atoms with Gasteiger partial charge >= 0.3 is 0 Å². The van der Waals surface area contributed by atoms with E-state index in [-0.39, 0.29) is 12.3 Å². The third-order valence-electron chi connectivity index (χ3n) is 3.97. The van der Waals surface area contributed by atoms with Gasteiger partial charge in [0.2, 0.25) is 5.91 Å². The van der Waals surface area contributed by atoms with E-state index in [4.69, 9.17) is 0 Å². The number of nitrogens with zero attached hydrogens (tertiary/aromatic N) is 3. The molecule has 136 valence electrons. The van der Waals surface area contributed by atoms with Gasteiger partial charge in [-0.3, -0.25) is 4.79 Å². The molecule has 0 radical (unpaired) electrons. The van der Waals surface area contributed by atoms with Gasteiger partial charge in [-0.1, -0.05) is 36.4 Å². The molecule has 0 saturated carbocycles. The number of hydrogen-bond donors (Lipinski definition) is 1. The van der Waals surface area contributed by atoms with Crippen molar-refractivity contribution in [3.05, 3.63) is 76.2 Å². The molecular weight excluding hydrogens is 376 g/mol. The molecule has 3 aromatic heterocycles. The van der Waals surface area contributed by atoms with Gasteiger partial charge in [-0.15, -0.1) is 22.7 Å². The van der Waals surface area contributed by atoms with Gasteiger partial charge in [-0.2, -0.15) is 5.10 Å². The Hall–Kier alpha value is -2.77. The van der Waals surface area contributed by atoms with Gasteiger partial charge in [0, 0.05) is 11.4 Å². The number of aryl methyl sites for hydroxylation is 1. The average molecular weight is 395 g/mol. The lowest BCUT2D eigenvalue weighted by atomic mass is 10.2. The van der Waals surface area contributed by atoms with Crippen LogP contribution in [-0.2, 0) is 17.8 Å². The molecule has 0 bridgehead atoms. The first-order valence-corrected chi connectivity index (χ1v) is 10.3. The van der Waals surface area contributed by atoms with Crippen LogP contribution in [0.5, 0.6) is 0 Å². The normalized spacial score (nSPS) is 10.9. The van der Waals surface area contributed by atoms with E-state index in [2.05, 4.69) is 15.4 Å². The summed E-state index contributed by atoms with van der Waals surface area (Å²) in [5.41, 5.74) is 2.79. The fraction of sp³-hybridized carbons (Fsp3) is 0.150. The highest BCUT2D eigenvalue weighted by molar-refractivity contribution is 7.20. The molecule has 5 nitrogen and oxygen atoms in total. The Morgan fingerprint density at radius 3 is 2.78 bits per heavy atom. The largest absolute Gasteiger partial charge is 0.311 e. The molecule has 0 saturated heterocycles. The molecular formula is C20H18N4OS2. The summed E-state index contributed by atoms with van der Waals surface area (Å²) in [5, 5.41) is 12.4. The molecule has 0 atom stereocenters. The topological polar surface area (TPSA) is 59.8 Å². The number of aromatic nitrogens is 3. The molecule has 4 rings (SSSR count). The molecule has 1 amide bonds. The van der Waals surface area contributed by atoms with Crippen LogP contribution in [0.1, 0.15) is 17.0 Å². The number of thiophene rings is 1. The van der Waals surface area contributed by atoms with Gasteiger partial charge in [-0.25, -0.2) is 9.67 Å². The quantitative estimate of drug-likeness (QED) is 0.520. The van der Waals surface area contributed by atoms with E-state index in [1.165, 1.54) is 0 Å². The predicted octanol–water partition coefficient (Wildman–Crippen LogP) is 4.61. The molecule has 0 aliphatic heterocycles. The highest BCUT2D eigenvalue weighted by Crippen LogP contribution is 2.28. The van der Waals surface area contributed by atoms with Gasteiger partial charge in [0.1, 0.15) is 10.8 Å². The second-order valence-corrected chi connectivity index (χ2v) is 7.97. The summed E-state index contributed by atoms with van der Waals surface area (Å²) in [6.07, 6.45) is 0.247. The Kier molecular flexibility index (Phi) is 5.13. The first-order valence-electron chi connectivity index (χ1n) is 8.54. The Balaban J connectivity index is 1.44. The minimum absolute atomic E-state index is 0.0905. The third kappa shape index (κ3) is 4.32. The predicted molar refractivity (Wildman–Crippen MR) is 110 cm³/mol. The summed E-state index contributed by atoms with van der Waals surface area (Å²) in [4.78, 5) is 18.2. The van der Waals surface area contributed by atoms with Crippen molar-refractivity contribution in [3.8, 4) is 9.88 Å². The van der Waals surface area contributed by atoms with Crippen molar-refractivity contribution in [1.29, 1.82) is 0 Å². The molecule has 1 N–H and O–H groups in total. The molecule has 0 spiro atoms. The molecule has 7 heteroatoms. The van der Waals surface area contributed by atoms with Gasteiger partial charge < -0.3 is 5.32 Å². The van der Waals surface area contributed by atoms with Gasteiger partial charge in [0.25, 0.3) is 0 Å². The lowest BCUT2D eigenvalue weighted by Gasteiger charge is -2.08. The summed E-state index contributed by atoms with van der Waals surface area (Å²) in [6.45, 7) is 2.54. The van der Waals surface area contributed by atoms with Crippen LogP contribution in [0.3, 0.4) is 0 Å². The SMILES string of the molecule is Cc1cc(NC(=O)Cc2csc(-c3cccs3)n2)n(Cc2ccccc2)n1. The van der Waals surface area contributed by atoms with Crippen LogP contribution in [0, 0.1) is 6.92 Å². The first kappa shape index (κ1) is 17.6. The number of carbonyl (C=O) groups excluding carboxylic acids is 1. The smallest absolute Gasteiger partial charge is 0.231 e. The van der Waals surface area contributed by atoms with Crippen molar-refractivity contribution in [2.75, 3.05) is 5.32 Å². The first-order chi connectivity index (χ1) is 13.2. The lowest BCUT2D eigenvalue weighted by molar-refractivity contribution is -0.115. The fourth-order valence-electron chi connectivity index (χ4n) is 2.78. The van der Waals surface area contributed by atoms with Crippen LogP contribution in [0.2, 0.25) is 0 Å².